The number of nitriles is 1. The second-order valence-electron chi connectivity index (χ2n) is 3.57. The van der Waals surface area contributed by atoms with Gasteiger partial charge in [-0.2, -0.15) is 5.26 Å². The van der Waals surface area contributed by atoms with Gasteiger partial charge in [0, 0.05) is 6.54 Å². The van der Waals surface area contributed by atoms with Crippen molar-refractivity contribution in [2.75, 3.05) is 14.2 Å². The van der Waals surface area contributed by atoms with Crippen LogP contribution in [0.15, 0.2) is 24.3 Å². The summed E-state index contributed by atoms with van der Waals surface area (Å²) in [4.78, 5) is 2.00. The van der Waals surface area contributed by atoms with E-state index in [1.165, 1.54) is 5.56 Å². The first kappa shape index (κ1) is 11.5. The Morgan fingerprint density at radius 3 is 2.47 bits per heavy atom. The molecule has 80 valence electrons. The minimum absolute atomic E-state index is 0.0629. The average molecular weight is 204 g/mol. The summed E-state index contributed by atoms with van der Waals surface area (Å²) in [6.07, 6.45) is 0. The van der Waals surface area contributed by atoms with Gasteiger partial charge in [-0.1, -0.05) is 12.1 Å². The molecular formula is C12H16N2O. The maximum absolute atomic E-state index is 8.75. The highest BCUT2D eigenvalue weighted by molar-refractivity contribution is 5.27. The maximum Gasteiger partial charge on any atom is 0.118 e. The molecule has 1 aromatic carbocycles. The predicted octanol–water partition coefficient (Wildman–Crippen LogP) is 2.04. The highest BCUT2D eigenvalue weighted by Gasteiger charge is 2.07. The Labute approximate surface area is 90.9 Å². The molecule has 0 fully saturated rings. The molecule has 1 atom stereocenters. The summed E-state index contributed by atoms with van der Waals surface area (Å²) >= 11 is 0. The van der Waals surface area contributed by atoms with Gasteiger partial charge in [0.25, 0.3) is 0 Å². The molecule has 0 aromatic heterocycles. The van der Waals surface area contributed by atoms with Crippen LogP contribution in [0, 0.1) is 11.3 Å². The van der Waals surface area contributed by atoms with Crippen LogP contribution in [0.2, 0.25) is 0 Å². The van der Waals surface area contributed by atoms with Gasteiger partial charge in [0.2, 0.25) is 0 Å². The van der Waals surface area contributed by atoms with Crippen molar-refractivity contribution in [3.63, 3.8) is 0 Å². The average Bonchev–Trinajstić information content (AvgIpc) is 2.29. The van der Waals surface area contributed by atoms with Crippen molar-refractivity contribution in [2.45, 2.75) is 19.5 Å². The monoisotopic (exact) mass is 204 g/mol. The molecule has 0 N–H and O–H groups in total. The molecule has 1 rings (SSSR count). The minimum atomic E-state index is -0.0629. The van der Waals surface area contributed by atoms with Gasteiger partial charge in [0.1, 0.15) is 5.75 Å². The van der Waals surface area contributed by atoms with Gasteiger partial charge >= 0.3 is 0 Å². The second kappa shape index (κ2) is 5.38. The quantitative estimate of drug-likeness (QED) is 0.753. The van der Waals surface area contributed by atoms with Gasteiger partial charge in [0.15, 0.2) is 0 Å². The lowest BCUT2D eigenvalue weighted by Gasteiger charge is -2.18. The lowest BCUT2D eigenvalue weighted by Crippen LogP contribution is -2.26. The van der Waals surface area contributed by atoms with Crippen molar-refractivity contribution in [3.05, 3.63) is 29.8 Å². The summed E-state index contributed by atoms with van der Waals surface area (Å²) in [5.41, 5.74) is 1.18. The lowest BCUT2D eigenvalue weighted by molar-refractivity contribution is 0.294. The summed E-state index contributed by atoms with van der Waals surface area (Å²) in [7, 11) is 3.59. The highest BCUT2D eigenvalue weighted by Crippen LogP contribution is 2.13. The van der Waals surface area contributed by atoms with Crippen molar-refractivity contribution in [3.8, 4) is 11.8 Å². The van der Waals surface area contributed by atoms with Crippen LogP contribution in [0.25, 0.3) is 0 Å². The van der Waals surface area contributed by atoms with Crippen LogP contribution in [-0.2, 0) is 6.54 Å². The molecule has 1 aromatic rings. The molecule has 0 aliphatic rings. The zero-order valence-electron chi connectivity index (χ0n) is 9.40. The van der Waals surface area contributed by atoms with Gasteiger partial charge in [-0.3, -0.25) is 4.90 Å². The third-order valence-corrected chi connectivity index (χ3v) is 2.44. The number of rotatable bonds is 4. The van der Waals surface area contributed by atoms with E-state index in [1.807, 2.05) is 43.1 Å². The Kier molecular flexibility index (Phi) is 4.14. The smallest absolute Gasteiger partial charge is 0.118 e. The van der Waals surface area contributed by atoms with Crippen LogP contribution in [0.3, 0.4) is 0 Å². The maximum atomic E-state index is 8.75. The van der Waals surface area contributed by atoms with Gasteiger partial charge < -0.3 is 4.74 Å². The van der Waals surface area contributed by atoms with Gasteiger partial charge in [-0.05, 0) is 31.7 Å². The molecule has 0 saturated carbocycles. The van der Waals surface area contributed by atoms with E-state index in [2.05, 4.69) is 6.07 Å². The van der Waals surface area contributed by atoms with Crippen LogP contribution in [-0.4, -0.2) is 25.1 Å². The Hall–Kier alpha value is -1.53. The Bertz CT molecular complexity index is 340. The van der Waals surface area contributed by atoms with Crippen molar-refractivity contribution < 1.29 is 4.74 Å². The third-order valence-electron chi connectivity index (χ3n) is 2.44. The predicted molar refractivity (Wildman–Crippen MR) is 59.5 cm³/mol. The second-order valence-corrected chi connectivity index (χ2v) is 3.57. The molecule has 3 nitrogen and oxygen atoms in total. The fraction of sp³-hybridized carbons (Fsp3) is 0.417. The van der Waals surface area contributed by atoms with Gasteiger partial charge in [-0.15, -0.1) is 0 Å². The highest BCUT2D eigenvalue weighted by atomic mass is 16.5. The molecule has 15 heavy (non-hydrogen) atoms. The van der Waals surface area contributed by atoms with E-state index in [0.29, 0.717) is 0 Å². The number of hydrogen-bond donors (Lipinski definition) is 0. The van der Waals surface area contributed by atoms with Crippen LogP contribution < -0.4 is 4.74 Å². The first-order valence-corrected chi connectivity index (χ1v) is 4.90. The molecule has 0 saturated heterocycles. The largest absolute Gasteiger partial charge is 0.497 e. The van der Waals surface area contributed by atoms with Crippen molar-refractivity contribution in [1.82, 2.24) is 4.90 Å². The van der Waals surface area contributed by atoms with Gasteiger partial charge in [0.05, 0.1) is 19.2 Å². The first-order chi connectivity index (χ1) is 7.17. The first-order valence-electron chi connectivity index (χ1n) is 4.90. The number of ether oxygens (including phenoxy) is 1. The van der Waals surface area contributed by atoms with Crippen molar-refractivity contribution >= 4 is 0 Å². The molecule has 0 aliphatic heterocycles. The number of benzene rings is 1. The topological polar surface area (TPSA) is 36.3 Å². The Balaban J connectivity index is 2.61. The van der Waals surface area contributed by atoms with E-state index in [0.717, 1.165) is 12.3 Å². The van der Waals surface area contributed by atoms with E-state index in [4.69, 9.17) is 10.00 Å². The summed E-state index contributed by atoms with van der Waals surface area (Å²) < 4.78 is 5.08. The third kappa shape index (κ3) is 3.26. The van der Waals surface area contributed by atoms with Crippen molar-refractivity contribution in [1.29, 1.82) is 5.26 Å². The molecular weight excluding hydrogens is 188 g/mol. The molecule has 0 amide bonds. The fourth-order valence-corrected chi connectivity index (χ4v) is 1.25. The molecule has 0 bridgehead atoms. The minimum Gasteiger partial charge on any atom is -0.497 e. The van der Waals surface area contributed by atoms with E-state index < -0.39 is 0 Å². The normalized spacial score (nSPS) is 12.2. The van der Waals surface area contributed by atoms with Crippen LogP contribution in [0.1, 0.15) is 12.5 Å². The Morgan fingerprint density at radius 2 is 2.00 bits per heavy atom. The Morgan fingerprint density at radius 1 is 1.40 bits per heavy atom. The fourth-order valence-electron chi connectivity index (χ4n) is 1.25. The van der Waals surface area contributed by atoms with Crippen LogP contribution in [0.5, 0.6) is 5.75 Å². The van der Waals surface area contributed by atoms with Crippen LogP contribution in [0.4, 0.5) is 0 Å². The molecule has 0 spiro atoms. The zero-order valence-corrected chi connectivity index (χ0v) is 9.40. The summed E-state index contributed by atoms with van der Waals surface area (Å²) in [6, 6.07) is 10.0. The van der Waals surface area contributed by atoms with Gasteiger partial charge in [-0.25, -0.2) is 0 Å². The van der Waals surface area contributed by atoms with E-state index in [-0.39, 0.29) is 6.04 Å². The molecule has 0 aliphatic carbocycles. The van der Waals surface area contributed by atoms with Crippen LogP contribution >= 0.6 is 0 Å². The summed E-state index contributed by atoms with van der Waals surface area (Å²) in [5.74, 6) is 0.856. The van der Waals surface area contributed by atoms with E-state index >= 15 is 0 Å². The summed E-state index contributed by atoms with van der Waals surface area (Å²) in [5, 5.41) is 8.75. The molecule has 3 heteroatoms. The van der Waals surface area contributed by atoms with E-state index in [9.17, 15) is 0 Å². The lowest BCUT2D eigenvalue weighted by atomic mass is 10.2. The summed E-state index contributed by atoms with van der Waals surface area (Å²) in [6.45, 7) is 2.67. The number of hydrogen-bond acceptors (Lipinski definition) is 3. The number of nitrogens with zero attached hydrogens (tertiary/aromatic N) is 2. The molecule has 1 unspecified atom stereocenters. The standard InChI is InChI=1S/C12H16N2O/c1-10(8-13)14(2)9-11-4-6-12(15-3)7-5-11/h4-7,10H,9H2,1-3H3. The number of methoxy groups -OCH3 is 1. The van der Waals surface area contributed by atoms with E-state index in [1.54, 1.807) is 7.11 Å². The molecule has 0 heterocycles. The molecule has 0 radical (unpaired) electrons. The zero-order chi connectivity index (χ0) is 11.3. The SMILES string of the molecule is COc1ccc(CN(C)C(C)C#N)cc1. The van der Waals surface area contributed by atoms with Crippen molar-refractivity contribution in [2.24, 2.45) is 0 Å².